The van der Waals surface area contributed by atoms with Gasteiger partial charge in [0, 0.05) is 26.1 Å². The molecule has 1 saturated heterocycles. The highest BCUT2D eigenvalue weighted by Crippen LogP contribution is 2.15. The highest BCUT2D eigenvalue weighted by molar-refractivity contribution is 5.91. The molecule has 0 amide bonds. The SMILES string of the molecule is COCC1CCN(/C(N)=N/C(=N)N)C1. The molecule has 6 nitrogen and oxygen atoms in total. The predicted octanol–water partition coefficient (Wildman–Crippen LogP) is -0.837. The molecule has 1 unspecified atom stereocenters. The van der Waals surface area contributed by atoms with E-state index in [0.29, 0.717) is 11.9 Å². The zero-order valence-corrected chi connectivity index (χ0v) is 8.36. The lowest BCUT2D eigenvalue weighted by atomic mass is 10.1. The quantitative estimate of drug-likeness (QED) is 0.399. The summed E-state index contributed by atoms with van der Waals surface area (Å²) in [6.07, 6.45) is 1.04. The van der Waals surface area contributed by atoms with Crippen LogP contribution in [0.4, 0.5) is 0 Å². The number of nitrogens with one attached hydrogen (secondary N) is 1. The van der Waals surface area contributed by atoms with Crippen molar-refractivity contribution in [3.63, 3.8) is 0 Å². The van der Waals surface area contributed by atoms with Crippen LogP contribution < -0.4 is 11.5 Å². The summed E-state index contributed by atoms with van der Waals surface area (Å²) in [5, 5.41) is 6.98. The third kappa shape index (κ3) is 2.88. The molecule has 0 bridgehead atoms. The first kappa shape index (κ1) is 10.8. The van der Waals surface area contributed by atoms with Gasteiger partial charge in [-0.2, -0.15) is 4.99 Å². The number of guanidine groups is 2. The molecular formula is C8H17N5O. The van der Waals surface area contributed by atoms with Crippen LogP contribution in [0.1, 0.15) is 6.42 Å². The minimum absolute atomic E-state index is 0.252. The Labute approximate surface area is 83.4 Å². The van der Waals surface area contributed by atoms with Gasteiger partial charge >= 0.3 is 0 Å². The van der Waals surface area contributed by atoms with Crippen LogP contribution in [0.15, 0.2) is 4.99 Å². The number of methoxy groups -OCH3 is 1. The van der Waals surface area contributed by atoms with Crippen molar-refractivity contribution in [2.45, 2.75) is 6.42 Å². The maximum absolute atomic E-state index is 6.98. The number of rotatable bonds is 2. The Kier molecular flexibility index (Phi) is 3.70. The zero-order chi connectivity index (χ0) is 10.6. The Hall–Kier alpha value is -1.30. The largest absolute Gasteiger partial charge is 0.384 e. The second-order valence-electron chi connectivity index (χ2n) is 3.41. The summed E-state index contributed by atoms with van der Waals surface area (Å²) in [7, 11) is 1.69. The Morgan fingerprint density at radius 3 is 2.93 bits per heavy atom. The van der Waals surface area contributed by atoms with Crippen molar-refractivity contribution in [2.75, 3.05) is 26.8 Å². The number of nitrogens with zero attached hydrogens (tertiary/aromatic N) is 2. The van der Waals surface area contributed by atoms with E-state index in [1.807, 2.05) is 4.90 Å². The molecule has 1 atom stereocenters. The number of hydrogen-bond donors (Lipinski definition) is 3. The van der Waals surface area contributed by atoms with Crippen molar-refractivity contribution < 1.29 is 4.74 Å². The summed E-state index contributed by atoms with van der Waals surface area (Å²) in [4.78, 5) is 5.62. The molecule has 1 rings (SSSR count). The van der Waals surface area contributed by atoms with Crippen LogP contribution in [0, 0.1) is 11.3 Å². The van der Waals surface area contributed by atoms with Gasteiger partial charge in [0.1, 0.15) is 0 Å². The smallest absolute Gasteiger partial charge is 0.215 e. The summed E-state index contributed by atoms with van der Waals surface area (Å²) >= 11 is 0. The van der Waals surface area contributed by atoms with Gasteiger partial charge in [-0.15, -0.1) is 0 Å². The first-order valence-corrected chi connectivity index (χ1v) is 4.55. The summed E-state index contributed by atoms with van der Waals surface area (Å²) in [5.74, 6) is 0.578. The molecular weight excluding hydrogens is 182 g/mol. The van der Waals surface area contributed by atoms with Gasteiger partial charge in [-0.3, -0.25) is 5.41 Å². The Bertz CT molecular complexity index is 240. The molecule has 5 N–H and O–H groups in total. The third-order valence-electron chi connectivity index (χ3n) is 2.25. The molecule has 14 heavy (non-hydrogen) atoms. The molecule has 0 aromatic carbocycles. The summed E-state index contributed by atoms with van der Waals surface area (Å²) in [6.45, 7) is 2.43. The Morgan fingerprint density at radius 1 is 1.64 bits per heavy atom. The van der Waals surface area contributed by atoms with Gasteiger partial charge in [-0.1, -0.05) is 0 Å². The zero-order valence-electron chi connectivity index (χ0n) is 8.36. The van der Waals surface area contributed by atoms with Gasteiger partial charge in [0.2, 0.25) is 5.96 Å². The summed E-state index contributed by atoms with van der Waals surface area (Å²) < 4.78 is 5.06. The van der Waals surface area contributed by atoms with Crippen LogP contribution in [0.5, 0.6) is 0 Å². The highest BCUT2D eigenvalue weighted by atomic mass is 16.5. The van der Waals surface area contributed by atoms with Crippen LogP contribution in [0.2, 0.25) is 0 Å². The Morgan fingerprint density at radius 2 is 2.36 bits per heavy atom. The molecule has 0 aromatic rings. The van der Waals surface area contributed by atoms with E-state index in [-0.39, 0.29) is 5.96 Å². The van der Waals surface area contributed by atoms with Gasteiger partial charge in [-0.25, -0.2) is 0 Å². The van der Waals surface area contributed by atoms with Crippen molar-refractivity contribution in [2.24, 2.45) is 22.4 Å². The van der Waals surface area contributed by atoms with E-state index in [2.05, 4.69) is 4.99 Å². The molecule has 0 aliphatic carbocycles. The average Bonchev–Trinajstić information content (AvgIpc) is 2.52. The molecule has 1 aliphatic rings. The number of aliphatic imine (C=N–C) groups is 1. The van der Waals surface area contributed by atoms with Crippen molar-refractivity contribution in [1.82, 2.24) is 4.90 Å². The van der Waals surface area contributed by atoms with Crippen molar-refractivity contribution in [3.8, 4) is 0 Å². The van der Waals surface area contributed by atoms with E-state index < -0.39 is 0 Å². The van der Waals surface area contributed by atoms with Crippen LogP contribution in [0.3, 0.4) is 0 Å². The normalized spacial score (nSPS) is 22.8. The van der Waals surface area contributed by atoms with Crippen LogP contribution in [-0.2, 0) is 4.74 Å². The van der Waals surface area contributed by atoms with E-state index in [1.165, 1.54) is 0 Å². The molecule has 0 saturated carbocycles. The lowest BCUT2D eigenvalue weighted by molar-refractivity contribution is 0.157. The maximum Gasteiger partial charge on any atom is 0.215 e. The lowest BCUT2D eigenvalue weighted by Crippen LogP contribution is -2.37. The first-order valence-electron chi connectivity index (χ1n) is 4.55. The molecule has 0 spiro atoms. The highest BCUT2D eigenvalue weighted by Gasteiger charge is 2.23. The molecule has 6 heteroatoms. The van der Waals surface area contributed by atoms with Gasteiger partial charge in [0.15, 0.2) is 5.96 Å². The molecule has 1 fully saturated rings. The van der Waals surface area contributed by atoms with E-state index in [0.717, 1.165) is 26.1 Å². The van der Waals surface area contributed by atoms with Gasteiger partial charge in [0.25, 0.3) is 0 Å². The van der Waals surface area contributed by atoms with Crippen LogP contribution >= 0.6 is 0 Å². The van der Waals surface area contributed by atoms with Crippen molar-refractivity contribution in [3.05, 3.63) is 0 Å². The lowest BCUT2D eigenvalue weighted by Gasteiger charge is -2.16. The summed E-state index contributed by atoms with van der Waals surface area (Å²) in [5.41, 5.74) is 10.8. The summed E-state index contributed by atoms with van der Waals surface area (Å²) in [6, 6.07) is 0. The fraction of sp³-hybridized carbons (Fsp3) is 0.750. The van der Waals surface area contributed by atoms with E-state index >= 15 is 0 Å². The second-order valence-corrected chi connectivity index (χ2v) is 3.41. The second kappa shape index (κ2) is 4.80. The Balaban J connectivity index is 2.45. The van der Waals surface area contributed by atoms with Gasteiger partial charge in [-0.05, 0) is 6.42 Å². The monoisotopic (exact) mass is 199 g/mol. The molecule has 0 aromatic heterocycles. The van der Waals surface area contributed by atoms with Crippen molar-refractivity contribution >= 4 is 11.9 Å². The number of nitrogens with two attached hydrogens (primary N) is 2. The fourth-order valence-corrected chi connectivity index (χ4v) is 1.61. The first-order chi connectivity index (χ1) is 6.63. The van der Waals surface area contributed by atoms with Gasteiger partial charge in [0.05, 0.1) is 6.61 Å². The van der Waals surface area contributed by atoms with E-state index in [9.17, 15) is 0 Å². The van der Waals surface area contributed by atoms with Crippen LogP contribution in [-0.4, -0.2) is 43.6 Å². The van der Waals surface area contributed by atoms with E-state index in [1.54, 1.807) is 7.11 Å². The third-order valence-corrected chi connectivity index (χ3v) is 2.25. The fourth-order valence-electron chi connectivity index (χ4n) is 1.61. The molecule has 80 valence electrons. The topological polar surface area (TPSA) is 101 Å². The number of ether oxygens (including phenoxy) is 1. The molecule has 1 heterocycles. The minimum Gasteiger partial charge on any atom is -0.384 e. The standard InChI is InChI=1S/C8H17N5O/c1-14-5-6-2-3-13(4-6)8(11)12-7(9)10/h6H,2-5H2,1H3,(H5,9,10,11,12). The number of likely N-dealkylation sites (tertiary alicyclic amines) is 1. The molecule has 1 aliphatic heterocycles. The average molecular weight is 199 g/mol. The minimum atomic E-state index is -0.252. The van der Waals surface area contributed by atoms with Crippen molar-refractivity contribution in [1.29, 1.82) is 5.41 Å². The predicted molar refractivity (Wildman–Crippen MR) is 55.1 cm³/mol. The molecule has 0 radical (unpaired) electrons. The van der Waals surface area contributed by atoms with Gasteiger partial charge < -0.3 is 21.1 Å². The van der Waals surface area contributed by atoms with Crippen LogP contribution in [0.25, 0.3) is 0 Å². The number of hydrogen-bond acceptors (Lipinski definition) is 2. The maximum atomic E-state index is 6.98. The van der Waals surface area contributed by atoms with E-state index in [4.69, 9.17) is 21.6 Å².